The van der Waals surface area contributed by atoms with E-state index in [0.29, 0.717) is 44.0 Å². The Bertz CT molecular complexity index is 1270. The normalized spacial score (nSPS) is 20.5. The molecular formula is C29H36N4O4S. The van der Waals surface area contributed by atoms with E-state index in [4.69, 9.17) is 4.52 Å². The second kappa shape index (κ2) is 11.8. The van der Waals surface area contributed by atoms with Crippen LogP contribution in [-0.2, 0) is 10.0 Å². The Kier molecular flexibility index (Phi) is 8.26. The molecule has 3 aromatic rings. The van der Waals surface area contributed by atoms with Crippen LogP contribution in [0.3, 0.4) is 0 Å². The number of nitrogens with one attached hydrogen (secondary N) is 2. The Morgan fingerprint density at radius 1 is 1.05 bits per heavy atom. The van der Waals surface area contributed by atoms with Crippen molar-refractivity contribution in [2.24, 2.45) is 0 Å². The van der Waals surface area contributed by atoms with Crippen molar-refractivity contribution in [3.63, 3.8) is 0 Å². The van der Waals surface area contributed by atoms with Crippen LogP contribution in [0.25, 0.3) is 0 Å². The summed E-state index contributed by atoms with van der Waals surface area (Å²) in [6.07, 6.45) is 3.82. The molecule has 2 N–H and O–H groups in total. The lowest BCUT2D eigenvalue weighted by atomic mass is 9.99. The van der Waals surface area contributed by atoms with Gasteiger partial charge in [0.05, 0.1) is 11.8 Å². The maximum atomic E-state index is 13.2. The molecule has 1 amide bonds. The number of carbonyl (C=O) groups excluding carboxylic acids is 1. The highest BCUT2D eigenvalue weighted by Gasteiger charge is 2.34. The van der Waals surface area contributed by atoms with E-state index in [2.05, 4.69) is 40.1 Å². The number of nitrogens with zero attached hydrogens (tertiary/aromatic N) is 2. The number of aromatic nitrogens is 1. The highest BCUT2D eigenvalue weighted by molar-refractivity contribution is 7.89. The molecule has 2 aliphatic rings. The second-order valence-corrected chi connectivity index (χ2v) is 12.5. The van der Waals surface area contributed by atoms with Gasteiger partial charge in [-0.15, -0.1) is 0 Å². The van der Waals surface area contributed by atoms with Crippen LogP contribution >= 0.6 is 0 Å². The fraction of sp³-hybridized carbons (Fsp3) is 0.448. The Hall–Kier alpha value is -3.01. The largest absolute Gasteiger partial charge is 0.360 e. The predicted octanol–water partition coefficient (Wildman–Crippen LogP) is 4.23. The van der Waals surface area contributed by atoms with Crippen molar-refractivity contribution >= 4 is 15.9 Å². The molecule has 0 radical (unpaired) electrons. The third-order valence-electron chi connectivity index (χ3n) is 7.44. The van der Waals surface area contributed by atoms with Crippen LogP contribution in [0.1, 0.15) is 78.4 Å². The summed E-state index contributed by atoms with van der Waals surface area (Å²) in [6, 6.07) is 21.8. The zero-order valence-electron chi connectivity index (χ0n) is 21.8. The van der Waals surface area contributed by atoms with Crippen LogP contribution in [0.5, 0.6) is 0 Å². The predicted molar refractivity (Wildman–Crippen MR) is 146 cm³/mol. The minimum Gasteiger partial charge on any atom is -0.360 e. The molecule has 2 aromatic carbocycles. The molecule has 2 heterocycles. The van der Waals surface area contributed by atoms with Gasteiger partial charge in [0.1, 0.15) is 5.76 Å². The van der Waals surface area contributed by atoms with Crippen LogP contribution in [0, 0.1) is 0 Å². The highest BCUT2D eigenvalue weighted by atomic mass is 32.2. The van der Waals surface area contributed by atoms with Gasteiger partial charge in [-0.25, -0.2) is 8.42 Å². The number of carbonyl (C=O) groups is 1. The number of rotatable bonds is 11. The SMILES string of the molecule is C[C@H]1C[C@@H](NC(=O)c2cc(C3CC3)on2)CCN1S(=O)(=O)CCCNC(c1ccccc1)c1ccccc1. The number of piperidine rings is 1. The van der Waals surface area contributed by atoms with Gasteiger partial charge in [-0.05, 0) is 56.7 Å². The van der Waals surface area contributed by atoms with Gasteiger partial charge >= 0.3 is 0 Å². The lowest BCUT2D eigenvalue weighted by Gasteiger charge is -2.37. The van der Waals surface area contributed by atoms with Crippen molar-refractivity contribution < 1.29 is 17.7 Å². The maximum absolute atomic E-state index is 13.2. The van der Waals surface area contributed by atoms with Crippen LogP contribution in [-0.4, -0.2) is 54.7 Å². The fourth-order valence-corrected chi connectivity index (χ4v) is 7.01. The van der Waals surface area contributed by atoms with Gasteiger partial charge < -0.3 is 15.2 Å². The Morgan fingerprint density at radius 3 is 2.32 bits per heavy atom. The van der Waals surface area contributed by atoms with E-state index in [1.54, 1.807) is 10.4 Å². The van der Waals surface area contributed by atoms with E-state index in [0.717, 1.165) is 29.7 Å². The Morgan fingerprint density at radius 2 is 1.71 bits per heavy atom. The van der Waals surface area contributed by atoms with Gasteiger partial charge in [0.2, 0.25) is 10.0 Å². The van der Waals surface area contributed by atoms with Gasteiger partial charge in [0.15, 0.2) is 5.69 Å². The van der Waals surface area contributed by atoms with E-state index >= 15 is 0 Å². The molecule has 8 nitrogen and oxygen atoms in total. The fourth-order valence-electron chi connectivity index (χ4n) is 5.25. The molecule has 1 aromatic heterocycles. The summed E-state index contributed by atoms with van der Waals surface area (Å²) < 4.78 is 33.3. The van der Waals surface area contributed by atoms with E-state index in [9.17, 15) is 13.2 Å². The van der Waals surface area contributed by atoms with Crippen LogP contribution in [0.4, 0.5) is 0 Å². The first-order valence-electron chi connectivity index (χ1n) is 13.5. The average molecular weight is 537 g/mol. The minimum absolute atomic E-state index is 0.00320. The smallest absolute Gasteiger partial charge is 0.273 e. The minimum atomic E-state index is -3.41. The van der Waals surface area contributed by atoms with Crippen molar-refractivity contribution in [2.75, 3.05) is 18.8 Å². The van der Waals surface area contributed by atoms with Gasteiger partial charge in [0, 0.05) is 30.6 Å². The summed E-state index contributed by atoms with van der Waals surface area (Å²) in [5, 5.41) is 10.5. The molecule has 1 saturated carbocycles. The average Bonchev–Trinajstić information content (AvgIpc) is 3.65. The van der Waals surface area contributed by atoms with Gasteiger partial charge in [-0.1, -0.05) is 65.8 Å². The van der Waals surface area contributed by atoms with Crippen LogP contribution < -0.4 is 10.6 Å². The van der Waals surface area contributed by atoms with Crippen molar-refractivity contribution in [3.05, 3.63) is 89.3 Å². The summed E-state index contributed by atoms with van der Waals surface area (Å²) in [5.41, 5.74) is 2.59. The number of benzene rings is 2. The number of amides is 1. The first kappa shape index (κ1) is 26.6. The van der Waals surface area contributed by atoms with Crippen molar-refractivity contribution in [1.82, 2.24) is 20.1 Å². The molecule has 0 unspecified atom stereocenters. The molecule has 1 saturated heterocycles. The molecule has 202 valence electrons. The monoisotopic (exact) mass is 536 g/mol. The molecule has 1 aliphatic heterocycles. The summed E-state index contributed by atoms with van der Waals surface area (Å²) >= 11 is 0. The molecule has 1 aliphatic carbocycles. The van der Waals surface area contributed by atoms with E-state index in [-0.39, 0.29) is 29.8 Å². The van der Waals surface area contributed by atoms with Gasteiger partial charge in [-0.2, -0.15) is 4.31 Å². The van der Waals surface area contributed by atoms with Crippen molar-refractivity contribution in [2.45, 2.75) is 63.1 Å². The van der Waals surface area contributed by atoms with Crippen LogP contribution in [0.15, 0.2) is 71.3 Å². The second-order valence-electron chi connectivity index (χ2n) is 10.4. The van der Waals surface area contributed by atoms with E-state index in [1.807, 2.05) is 43.3 Å². The molecule has 9 heteroatoms. The summed E-state index contributed by atoms with van der Waals surface area (Å²) in [6.45, 7) is 2.88. The lowest BCUT2D eigenvalue weighted by Crippen LogP contribution is -2.51. The lowest BCUT2D eigenvalue weighted by molar-refractivity contribution is 0.0905. The quantitative estimate of drug-likeness (QED) is 0.356. The molecule has 2 atom stereocenters. The zero-order chi connectivity index (χ0) is 26.5. The molecule has 0 spiro atoms. The number of sulfonamides is 1. The first-order chi connectivity index (χ1) is 18.4. The van der Waals surface area contributed by atoms with Crippen molar-refractivity contribution in [1.29, 1.82) is 0 Å². The molecule has 38 heavy (non-hydrogen) atoms. The third-order valence-corrected chi connectivity index (χ3v) is 9.50. The highest BCUT2D eigenvalue weighted by Crippen LogP contribution is 2.40. The summed E-state index contributed by atoms with van der Waals surface area (Å²) in [4.78, 5) is 12.6. The molecular weight excluding hydrogens is 500 g/mol. The summed E-state index contributed by atoms with van der Waals surface area (Å²) in [5.74, 6) is 1.00. The Labute approximate surface area is 224 Å². The molecule has 5 rings (SSSR count). The summed E-state index contributed by atoms with van der Waals surface area (Å²) in [7, 11) is -3.41. The number of hydrogen-bond acceptors (Lipinski definition) is 6. The van der Waals surface area contributed by atoms with Crippen LogP contribution in [0.2, 0.25) is 0 Å². The third kappa shape index (κ3) is 6.51. The van der Waals surface area contributed by atoms with E-state index < -0.39 is 10.0 Å². The molecule has 0 bridgehead atoms. The van der Waals surface area contributed by atoms with Gasteiger partial charge in [0.25, 0.3) is 5.91 Å². The Balaban J connectivity index is 1.11. The van der Waals surface area contributed by atoms with Gasteiger partial charge in [-0.3, -0.25) is 4.79 Å². The van der Waals surface area contributed by atoms with Crippen molar-refractivity contribution in [3.8, 4) is 0 Å². The first-order valence-corrected chi connectivity index (χ1v) is 15.1. The standard InChI is InChI=1S/C29H36N4O4S/c1-21-19-25(31-29(34)26-20-27(37-32-26)22-13-14-22)15-17-33(21)38(35,36)18-8-16-30-28(23-9-4-2-5-10-23)24-11-6-3-7-12-24/h2-7,9-12,20-22,25,28,30H,8,13-19H2,1H3,(H,31,34)/t21-,25-/m0/s1. The topological polar surface area (TPSA) is 105 Å². The number of hydrogen-bond donors (Lipinski definition) is 2. The molecule has 2 fully saturated rings. The van der Waals surface area contributed by atoms with E-state index in [1.165, 1.54) is 0 Å². The maximum Gasteiger partial charge on any atom is 0.273 e. The zero-order valence-corrected chi connectivity index (χ0v) is 22.6.